The molecule has 1 amide bonds. The molecule has 1 atom stereocenters. The molecule has 1 radical (unpaired) electrons. The largest absolute Gasteiger partial charge is 0.556 e. The summed E-state index contributed by atoms with van der Waals surface area (Å²) in [5.74, 6) is 0.866. The number of hydrogen-bond donors (Lipinski definition) is 1. The van der Waals surface area contributed by atoms with Gasteiger partial charge in [-0.25, -0.2) is 0 Å². The number of ether oxygens (including phenoxy) is 1. The first-order chi connectivity index (χ1) is 9.70. The van der Waals surface area contributed by atoms with E-state index in [-0.39, 0.29) is 44.3 Å². The smallest absolute Gasteiger partial charge is 0.263 e. The molecule has 22 heavy (non-hydrogen) atoms. The van der Waals surface area contributed by atoms with Crippen molar-refractivity contribution in [3.8, 4) is 5.75 Å². The second-order valence-electron chi connectivity index (χ2n) is 5.86. The Bertz CT molecular complexity index is 494. The summed E-state index contributed by atoms with van der Waals surface area (Å²) in [6, 6.07) is 3.87. The van der Waals surface area contributed by atoms with Crippen molar-refractivity contribution in [3.05, 3.63) is 23.3 Å². The molecule has 0 saturated carbocycles. The van der Waals surface area contributed by atoms with Crippen LogP contribution in [0.15, 0.2) is 12.1 Å². The zero-order chi connectivity index (χ0) is 16.2. The Labute approximate surface area is 165 Å². The molecule has 0 aliphatic carbocycles. The third-order valence-corrected chi connectivity index (χ3v) is 6.36. The molecular weight excluding hydrogens is 390 g/mol. The fraction of sp³-hybridized carbons (Fsp3) is 0.562. The first-order valence-corrected chi connectivity index (χ1v) is 11.0. The summed E-state index contributed by atoms with van der Waals surface area (Å²) in [6.07, 6.45) is 1.82. The van der Waals surface area contributed by atoms with Gasteiger partial charge in [-0.05, 0) is 43.5 Å². The Balaban J connectivity index is 0.00000441. The average Bonchev–Trinajstić information content (AvgIpc) is 2.38. The van der Waals surface area contributed by atoms with Gasteiger partial charge < -0.3 is 22.3 Å². The zero-order valence-corrected chi connectivity index (χ0v) is 18.9. The van der Waals surface area contributed by atoms with Crippen molar-refractivity contribution in [3.63, 3.8) is 0 Å². The summed E-state index contributed by atoms with van der Waals surface area (Å²) >= 11 is 5.60. The molecule has 1 N–H and O–H groups in total. The van der Waals surface area contributed by atoms with Gasteiger partial charge >= 0.3 is 0 Å². The van der Waals surface area contributed by atoms with E-state index in [0.717, 1.165) is 35.4 Å². The molecule has 0 saturated heterocycles. The normalized spacial score (nSPS) is 12.3. The molecule has 0 heterocycles. The first-order valence-electron chi connectivity index (χ1n) is 7.21. The molecule has 1 unspecified atom stereocenters. The van der Waals surface area contributed by atoms with Gasteiger partial charge in [0.1, 0.15) is 11.4 Å². The van der Waals surface area contributed by atoms with E-state index in [1.165, 1.54) is 0 Å². The van der Waals surface area contributed by atoms with Gasteiger partial charge in [0.05, 0.1) is 7.11 Å². The van der Waals surface area contributed by atoms with Crippen LogP contribution >= 0.6 is 6.46 Å². The van der Waals surface area contributed by atoms with Crippen molar-refractivity contribution in [2.45, 2.75) is 39.3 Å². The van der Waals surface area contributed by atoms with Crippen LogP contribution in [0.5, 0.6) is 5.75 Å². The van der Waals surface area contributed by atoms with Crippen LogP contribution in [0.25, 0.3) is 0 Å². The van der Waals surface area contributed by atoms with Gasteiger partial charge in [-0.2, -0.15) is 0 Å². The minimum atomic E-state index is -1.63. The summed E-state index contributed by atoms with van der Waals surface area (Å²) < 4.78 is 5.25. The Morgan fingerprint density at radius 2 is 1.82 bits per heavy atom. The summed E-state index contributed by atoms with van der Waals surface area (Å²) in [5.41, 5.74) is 2.84. The van der Waals surface area contributed by atoms with Crippen molar-refractivity contribution in [1.82, 2.24) is 0 Å². The van der Waals surface area contributed by atoms with Crippen LogP contribution in [0.2, 0.25) is 0 Å². The maximum Gasteiger partial charge on any atom is 0.263 e. The molecule has 0 spiro atoms. The van der Waals surface area contributed by atoms with Crippen molar-refractivity contribution in [2.75, 3.05) is 25.8 Å². The predicted octanol–water partition coefficient (Wildman–Crippen LogP) is 4.16. The second kappa shape index (κ2) is 9.62. The maximum atomic E-state index is 12.6. The van der Waals surface area contributed by atoms with Crippen LogP contribution in [0.1, 0.15) is 30.9 Å². The minimum absolute atomic E-state index is 0. The van der Waals surface area contributed by atoms with Crippen LogP contribution in [-0.4, -0.2) is 32.0 Å². The summed E-state index contributed by atoms with van der Waals surface area (Å²) in [6.45, 7) is 8.52. The van der Waals surface area contributed by atoms with Crippen molar-refractivity contribution < 1.29 is 42.2 Å². The number of hydrogen-bond acceptors (Lipinski definition) is 3. The molecule has 0 fully saturated rings. The number of benzene rings is 1. The number of aryl methyl sites for hydroxylation is 2. The fourth-order valence-corrected chi connectivity index (χ4v) is 4.56. The van der Waals surface area contributed by atoms with E-state index in [2.05, 4.69) is 25.6 Å². The molecule has 0 aromatic heterocycles. The molecule has 6 heteroatoms. The summed E-state index contributed by atoms with van der Waals surface area (Å²) in [7, 11) is 1.65. The minimum Gasteiger partial charge on any atom is -0.556 e. The van der Waals surface area contributed by atoms with Gasteiger partial charge in [-0.15, -0.1) is 6.46 Å². The van der Waals surface area contributed by atoms with Crippen molar-refractivity contribution >= 4 is 30.3 Å². The van der Waals surface area contributed by atoms with E-state index < -0.39 is 6.46 Å². The maximum absolute atomic E-state index is 12.6. The van der Waals surface area contributed by atoms with Crippen LogP contribution in [0.3, 0.4) is 0 Å². The van der Waals surface area contributed by atoms with Crippen LogP contribution in [0.4, 0.5) is 5.69 Å². The van der Waals surface area contributed by atoms with E-state index in [0.29, 0.717) is 0 Å². The molecule has 1 aromatic carbocycles. The van der Waals surface area contributed by atoms with Gasteiger partial charge in [-0.1, -0.05) is 13.3 Å². The Morgan fingerprint density at radius 3 is 2.18 bits per heavy atom. The van der Waals surface area contributed by atoms with Crippen LogP contribution in [-0.2, 0) is 49.8 Å². The van der Waals surface area contributed by atoms with Crippen molar-refractivity contribution in [2.24, 2.45) is 0 Å². The van der Waals surface area contributed by atoms with Crippen LogP contribution < -0.4 is 10.1 Å². The number of nitrogens with one attached hydrogen (secondary N) is 1. The molecule has 121 valence electrons. The average molecular weight is 416 g/mol. The number of carbonyl (C=O) groups excluding carboxylic acids is 1. The topological polar surface area (TPSA) is 38.3 Å². The quantitative estimate of drug-likeness (QED) is 0.559. The van der Waals surface area contributed by atoms with E-state index in [9.17, 15) is 4.79 Å². The van der Waals surface area contributed by atoms with Gasteiger partial charge in [0, 0.05) is 51.7 Å². The molecule has 1 aromatic rings. The van der Waals surface area contributed by atoms with Gasteiger partial charge in [0.2, 0.25) is 0 Å². The second-order valence-corrected chi connectivity index (χ2v) is 12.2. The Morgan fingerprint density at radius 1 is 1.32 bits per heavy atom. The molecule has 0 aliphatic rings. The van der Waals surface area contributed by atoms with Crippen LogP contribution in [0, 0.1) is 13.8 Å². The predicted molar refractivity (Wildman–Crippen MR) is 95.9 cm³/mol. The molecular formula is C16H26NO2PSY. The summed E-state index contributed by atoms with van der Waals surface area (Å²) in [5, 5.41) is 3.09. The number of rotatable bonds is 6. The van der Waals surface area contributed by atoms with Gasteiger partial charge in [0.25, 0.3) is 5.91 Å². The van der Waals surface area contributed by atoms with E-state index >= 15 is 0 Å². The van der Waals surface area contributed by atoms with E-state index in [4.69, 9.17) is 17.0 Å². The number of methoxy groups -OCH3 is 1. The zero-order valence-electron chi connectivity index (χ0n) is 14.4. The Hall–Kier alpha value is 0.374. The summed E-state index contributed by atoms with van der Waals surface area (Å²) in [4.78, 5) is 12.6. The number of anilines is 1. The molecule has 1 rings (SSSR count). The van der Waals surface area contributed by atoms with E-state index in [1.54, 1.807) is 7.11 Å². The van der Waals surface area contributed by atoms with E-state index in [1.807, 2.05) is 26.0 Å². The SMILES string of the molecule is CCCC(C(=O)Nc1c(C)cc(OC)cc1C)[P+](C)(C)[S-].[Y]. The monoisotopic (exact) mass is 416 g/mol. The number of amides is 1. The Kier molecular flexibility index (Phi) is 9.78. The molecule has 0 aliphatic heterocycles. The fourth-order valence-electron chi connectivity index (χ4n) is 2.44. The molecule has 0 bridgehead atoms. The number of carbonyl (C=O) groups is 1. The first kappa shape index (κ1) is 22.4. The van der Waals surface area contributed by atoms with Crippen molar-refractivity contribution in [1.29, 1.82) is 0 Å². The molecule has 3 nitrogen and oxygen atoms in total. The van der Waals surface area contributed by atoms with Gasteiger partial charge in [-0.3, -0.25) is 4.79 Å². The standard InChI is InChI=1S/C16H26NO2PS.Y/c1-7-8-14(20(5,6)21)16(18)17-15-11(2)9-13(19-4)10-12(15)3;/h9-10,14H,7-8H2,1-6H3,(H,17,18);. The third kappa shape index (κ3) is 6.11. The third-order valence-electron chi connectivity index (χ3n) is 3.61. The van der Waals surface area contributed by atoms with Gasteiger partial charge in [0.15, 0.2) is 0 Å².